The second kappa shape index (κ2) is 5.66. The zero-order valence-electron chi connectivity index (χ0n) is 13.2. The average molecular weight is 275 g/mol. The van der Waals surface area contributed by atoms with Gasteiger partial charge in [0.15, 0.2) is 5.78 Å². The number of hydrogen-bond acceptors (Lipinski definition) is 3. The Morgan fingerprint density at radius 2 is 2.00 bits per heavy atom. The van der Waals surface area contributed by atoms with Crippen molar-refractivity contribution in [2.24, 2.45) is 0 Å². The van der Waals surface area contributed by atoms with Crippen LogP contribution in [0.4, 0.5) is 0 Å². The molecule has 3 nitrogen and oxygen atoms in total. The first-order valence-electron chi connectivity index (χ1n) is 7.30. The number of ether oxygens (including phenoxy) is 1. The number of benzene rings is 1. The Morgan fingerprint density at radius 3 is 2.60 bits per heavy atom. The molecule has 0 radical (unpaired) electrons. The summed E-state index contributed by atoms with van der Waals surface area (Å²) in [6.45, 7) is 12.6. The van der Waals surface area contributed by atoms with Crippen molar-refractivity contribution in [2.75, 3.05) is 19.7 Å². The molecule has 1 heterocycles. The molecule has 0 saturated carbocycles. The van der Waals surface area contributed by atoms with Crippen LogP contribution < -0.4 is 0 Å². The first kappa shape index (κ1) is 15.2. The van der Waals surface area contributed by atoms with Crippen LogP contribution in [0, 0.1) is 13.8 Å². The van der Waals surface area contributed by atoms with Gasteiger partial charge < -0.3 is 4.74 Å². The lowest BCUT2D eigenvalue weighted by Gasteiger charge is -2.40. The van der Waals surface area contributed by atoms with Crippen LogP contribution in [0.5, 0.6) is 0 Å². The molecule has 1 atom stereocenters. The van der Waals surface area contributed by atoms with E-state index < -0.39 is 0 Å². The Kier molecular flexibility index (Phi) is 4.31. The molecule has 0 amide bonds. The average Bonchev–Trinajstić information content (AvgIpc) is 2.39. The van der Waals surface area contributed by atoms with E-state index in [4.69, 9.17) is 4.74 Å². The van der Waals surface area contributed by atoms with Gasteiger partial charge in [-0.15, -0.1) is 0 Å². The van der Waals surface area contributed by atoms with Crippen LogP contribution in [0.3, 0.4) is 0 Å². The molecule has 110 valence electrons. The third kappa shape index (κ3) is 3.28. The molecule has 1 aromatic carbocycles. The van der Waals surface area contributed by atoms with E-state index in [-0.39, 0.29) is 17.4 Å². The summed E-state index contributed by atoms with van der Waals surface area (Å²) in [5.74, 6) is 0.200. The van der Waals surface area contributed by atoms with Gasteiger partial charge in [0.25, 0.3) is 0 Å². The van der Waals surface area contributed by atoms with Crippen LogP contribution in [0.25, 0.3) is 0 Å². The van der Waals surface area contributed by atoms with Crippen molar-refractivity contribution in [1.29, 1.82) is 0 Å². The van der Waals surface area contributed by atoms with Crippen LogP contribution in [-0.4, -0.2) is 42.0 Å². The van der Waals surface area contributed by atoms with Gasteiger partial charge in [0, 0.05) is 18.7 Å². The SMILES string of the molecule is Cc1ccc(C(=O)C(C)N2CCOC(C)(C)C2)cc1C. The van der Waals surface area contributed by atoms with E-state index in [0.29, 0.717) is 6.61 Å². The second-order valence-corrected chi connectivity index (χ2v) is 6.42. The predicted molar refractivity (Wildman–Crippen MR) is 81.3 cm³/mol. The standard InChI is InChI=1S/C17H25NO2/c1-12-6-7-15(10-13(12)2)16(19)14(3)18-8-9-20-17(4,5)11-18/h6-7,10,14H,8-9,11H2,1-5H3. The maximum atomic E-state index is 12.6. The highest BCUT2D eigenvalue weighted by Crippen LogP contribution is 2.20. The molecule has 3 heteroatoms. The molecule has 0 N–H and O–H groups in total. The molecule has 0 bridgehead atoms. The molecule has 0 aromatic heterocycles. The fourth-order valence-electron chi connectivity index (χ4n) is 2.69. The van der Waals surface area contributed by atoms with Gasteiger partial charge >= 0.3 is 0 Å². The van der Waals surface area contributed by atoms with E-state index >= 15 is 0 Å². The van der Waals surface area contributed by atoms with Crippen molar-refractivity contribution in [3.8, 4) is 0 Å². The summed E-state index contributed by atoms with van der Waals surface area (Å²) in [5, 5.41) is 0. The van der Waals surface area contributed by atoms with E-state index in [1.807, 2.05) is 25.1 Å². The molecule has 0 spiro atoms. The molecular formula is C17H25NO2. The molecule has 1 unspecified atom stereocenters. The second-order valence-electron chi connectivity index (χ2n) is 6.42. The summed E-state index contributed by atoms with van der Waals surface area (Å²) >= 11 is 0. The van der Waals surface area contributed by atoms with Gasteiger partial charge in [-0.2, -0.15) is 0 Å². The first-order chi connectivity index (χ1) is 9.30. The van der Waals surface area contributed by atoms with E-state index in [1.165, 1.54) is 11.1 Å². The highest BCUT2D eigenvalue weighted by molar-refractivity contribution is 6.00. The zero-order chi connectivity index (χ0) is 14.9. The van der Waals surface area contributed by atoms with Crippen molar-refractivity contribution in [3.05, 3.63) is 34.9 Å². The van der Waals surface area contributed by atoms with Gasteiger partial charge in [-0.05, 0) is 51.8 Å². The van der Waals surface area contributed by atoms with Gasteiger partial charge in [0.2, 0.25) is 0 Å². The minimum atomic E-state index is -0.171. The molecule has 1 aromatic rings. The Balaban J connectivity index is 2.13. The quantitative estimate of drug-likeness (QED) is 0.794. The monoisotopic (exact) mass is 275 g/mol. The Morgan fingerprint density at radius 1 is 1.30 bits per heavy atom. The van der Waals surface area contributed by atoms with E-state index in [9.17, 15) is 4.79 Å². The van der Waals surface area contributed by atoms with Crippen LogP contribution in [0.1, 0.15) is 42.3 Å². The Hall–Kier alpha value is -1.19. The van der Waals surface area contributed by atoms with Crippen LogP contribution in [0.2, 0.25) is 0 Å². The number of ketones is 1. The number of carbonyl (C=O) groups excluding carboxylic acids is 1. The molecule has 1 saturated heterocycles. The lowest BCUT2D eigenvalue weighted by Crippen LogP contribution is -2.53. The minimum absolute atomic E-state index is 0.0970. The normalized spacial score (nSPS) is 20.6. The van der Waals surface area contributed by atoms with E-state index in [0.717, 1.165) is 18.7 Å². The number of morpholine rings is 1. The molecule has 1 aliphatic rings. The van der Waals surface area contributed by atoms with Crippen LogP contribution in [-0.2, 0) is 4.74 Å². The molecular weight excluding hydrogens is 250 g/mol. The summed E-state index contributed by atoms with van der Waals surface area (Å²) in [4.78, 5) is 14.9. The zero-order valence-corrected chi connectivity index (χ0v) is 13.2. The van der Waals surface area contributed by atoms with Crippen molar-refractivity contribution >= 4 is 5.78 Å². The molecule has 20 heavy (non-hydrogen) atoms. The smallest absolute Gasteiger partial charge is 0.179 e. The Labute approximate surface area is 121 Å². The first-order valence-corrected chi connectivity index (χ1v) is 7.30. The third-order valence-corrected chi connectivity index (χ3v) is 4.17. The summed E-state index contributed by atoms with van der Waals surface area (Å²) in [6.07, 6.45) is 0. The summed E-state index contributed by atoms with van der Waals surface area (Å²) in [5.41, 5.74) is 3.03. The fraction of sp³-hybridized carbons (Fsp3) is 0.588. The predicted octanol–water partition coefficient (Wildman–Crippen LogP) is 2.99. The molecule has 0 aliphatic carbocycles. The number of aryl methyl sites for hydroxylation is 2. The summed E-state index contributed by atoms with van der Waals surface area (Å²) < 4.78 is 5.71. The summed E-state index contributed by atoms with van der Waals surface area (Å²) in [6, 6.07) is 5.87. The van der Waals surface area contributed by atoms with Gasteiger partial charge in [0.1, 0.15) is 0 Å². The maximum absolute atomic E-state index is 12.6. The number of carbonyl (C=O) groups is 1. The van der Waals surface area contributed by atoms with E-state index in [1.54, 1.807) is 0 Å². The van der Waals surface area contributed by atoms with E-state index in [2.05, 4.69) is 32.6 Å². The summed E-state index contributed by atoms with van der Waals surface area (Å²) in [7, 11) is 0. The topological polar surface area (TPSA) is 29.5 Å². The highest BCUT2D eigenvalue weighted by Gasteiger charge is 2.32. The highest BCUT2D eigenvalue weighted by atomic mass is 16.5. The number of Topliss-reactive ketones (excluding diaryl/α,β-unsaturated/α-hetero) is 1. The number of rotatable bonds is 3. The van der Waals surface area contributed by atoms with Crippen molar-refractivity contribution in [2.45, 2.75) is 46.3 Å². The fourth-order valence-corrected chi connectivity index (χ4v) is 2.69. The minimum Gasteiger partial charge on any atom is -0.373 e. The molecule has 2 rings (SSSR count). The lowest BCUT2D eigenvalue weighted by molar-refractivity contribution is -0.0915. The number of nitrogens with zero attached hydrogens (tertiary/aromatic N) is 1. The molecule has 1 fully saturated rings. The Bertz CT molecular complexity index is 508. The van der Waals surface area contributed by atoms with Gasteiger partial charge in [-0.25, -0.2) is 0 Å². The van der Waals surface area contributed by atoms with Crippen molar-refractivity contribution < 1.29 is 9.53 Å². The van der Waals surface area contributed by atoms with Crippen molar-refractivity contribution in [1.82, 2.24) is 4.90 Å². The largest absolute Gasteiger partial charge is 0.373 e. The molecule has 1 aliphatic heterocycles. The third-order valence-electron chi connectivity index (χ3n) is 4.17. The van der Waals surface area contributed by atoms with Gasteiger partial charge in [-0.1, -0.05) is 12.1 Å². The lowest BCUT2D eigenvalue weighted by atomic mass is 9.98. The number of hydrogen-bond donors (Lipinski definition) is 0. The maximum Gasteiger partial charge on any atom is 0.179 e. The van der Waals surface area contributed by atoms with Gasteiger partial charge in [0.05, 0.1) is 18.2 Å². The van der Waals surface area contributed by atoms with Crippen molar-refractivity contribution in [3.63, 3.8) is 0 Å². The van der Waals surface area contributed by atoms with Gasteiger partial charge in [-0.3, -0.25) is 9.69 Å². The van der Waals surface area contributed by atoms with Crippen LogP contribution >= 0.6 is 0 Å². The van der Waals surface area contributed by atoms with Crippen LogP contribution in [0.15, 0.2) is 18.2 Å².